The second-order valence-corrected chi connectivity index (χ2v) is 12.8. The number of benzene rings is 2. The van der Waals surface area contributed by atoms with E-state index in [1.807, 2.05) is 36.5 Å². The molecule has 8 heteroatoms. The van der Waals surface area contributed by atoms with Crippen molar-refractivity contribution in [2.45, 2.75) is 77.0 Å². The first-order chi connectivity index (χ1) is 20.9. The SMILES string of the molecule is CCc1cccc2c(C(=O)NCc3ccc(Cl)c(Cl)c3)cn(CCCN3C4CC[C@@H]3CC(CC(=O)c3ccccn3)C4)c12. The number of Topliss-reactive ketones (excluding diaryl/α,β-unsaturated/α-hetero) is 1. The Morgan fingerprint density at radius 1 is 0.977 bits per heavy atom. The minimum absolute atomic E-state index is 0.0940. The van der Waals surface area contributed by atoms with Crippen LogP contribution in [-0.2, 0) is 19.5 Å². The largest absolute Gasteiger partial charge is 0.348 e. The summed E-state index contributed by atoms with van der Waals surface area (Å²) in [6.07, 6.45) is 10.8. The Morgan fingerprint density at radius 2 is 1.79 bits per heavy atom. The Balaban J connectivity index is 1.10. The molecule has 2 aromatic heterocycles. The fourth-order valence-corrected chi connectivity index (χ4v) is 7.56. The zero-order valence-electron chi connectivity index (χ0n) is 24.6. The van der Waals surface area contributed by atoms with Gasteiger partial charge >= 0.3 is 0 Å². The van der Waals surface area contributed by atoms with Crippen LogP contribution in [0.5, 0.6) is 0 Å². The molecule has 2 fully saturated rings. The van der Waals surface area contributed by atoms with Gasteiger partial charge in [0, 0.05) is 55.9 Å². The van der Waals surface area contributed by atoms with Crippen LogP contribution in [0.4, 0.5) is 0 Å². The van der Waals surface area contributed by atoms with Gasteiger partial charge in [0.25, 0.3) is 5.91 Å². The number of ketones is 1. The number of rotatable bonds is 11. The van der Waals surface area contributed by atoms with E-state index in [0.29, 0.717) is 52.3 Å². The lowest BCUT2D eigenvalue weighted by Crippen LogP contribution is -2.43. The first-order valence-electron chi connectivity index (χ1n) is 15.4. The van der Waals surface area contributed by atoms with Gasteiger partial charge in [0.05, 0.1) is 21.1 Å². The summed E-state index contributed by atoms with van der Waals surface area (Å²) in [5.41, 5.74) is 4.59. The first-order valence-corrected chi connectivity index (χ1v) is 16.2. The monoisotopic (exact) mass is 616 g/mol. The molecule has 2 saturated heterocycles. The average molecular weight is 618 g/mol. The summed E-state index contributed by atoms with van der Waals surface area (Å²) in [6.45, 7) is 4.42. The van der Waals surface area contributed by atoms with Crippen molar-refractivity contribution in [3.63, 3.8) is 0 Å². The first kappa shape index (κ1) is 29.9. The molecule has 4 aromatic rings. The third kappa shape index (κ3) is 6.52. The van der Waals surface area contributed by atoms with Gasteiger partial charge in [0.1, 0.15) is 5.69 Å². The number of hydrogen-bond acceptors (Lipinski definition) is 4. The van der Waals surface area contributed by atoms with Gasteiger partial charge in [0.2, 0.25) is 0 Å². The summed E-state index contributed by atoms with van der Waals surface area (Å²) < 4.78 is 2.28. The van der Waals surface area contributed by atoms with Crippen LogP contribution >= 0.6 is 23.2 Å². The number of aryl methyl sites for hydroxylation is 2. The Bertz CT molecular complexity index is 1610. The molecule has 0 saturated carbocycles. The lowest BCUT2D eigenvalue weighted by Gasteiger charge is -2.39. The standard InChI is InChI=1S/C35H38Cl2N4O2/c1-2-25-7-5-8-28-29(35(43)39-21-23-10-13-30(36)31(37)19-23)22-40(34(25)28)15-6-16-41-26-11-12-27(41)18-24(17-26)20-33(42)32-9-3-4-14-38-32/h3-5,7-10,13-14,19,22,24,26-27H,2,6,11-12,15-18,20-21H2,1H3,(H,39,43)/t24?,26-,27?/m1/s1. The number of carbonyl (C=O) groups excluding carboxylic acids is 2. The van der Waals surface area contributed by atoms with E-state index in [1.165, 1.54) is 18.4 Å². The number of fused-ring (bicyclic) bond motifs is 3. The molecule has 1 amide bonds. The summed E-state index contributed by atoms with van der Waals surface area (Å²) >= 11 is 12.2. The Labute approximate surface area is 263 Å². The molecule has 6 rings (SSSR count). The summed E-state index contributed by atoms with van der Waals surface area (Å²) in [5.74, 6) is 0.513. The van der Waals surface area contributed by atoms with Crippen molar-refractivity contribution in [3.05, 3.63) is 99.4 Å². The maximum atomic E-state index is 13.4. The van der Waals surface area contributed by atoms with Crippen LogP contribution in [0, 0.1) is 5.92 Å². The minimum atomic E-state index is -0.0940. The summed E-state index contributed by atoms with van der Waals surface area (Å²) in [4.78, 5) is 33.1. The van der Waals surface area contributed by atoms with Crippen molar-refractivity contribution in [2.75, 3.05) is 6.54 Å². The fraction of sp³-hybridized carbons (Fsp3) is 0.400. The molecule has 4 heterocycles. The van der Waals surface area contributed by atoms with E-state index in [2.05, 4.69) is 38.8 Å². The van der Waals surface area contributed by atoms with E-state index in [-0.39, 0.29) is 11.7 Å². The summed E-state index contributed by atoms with van der Waals surface area (Å²) in [5, 5.41) is 5.04. The van der Waals surface area contributed by atoms with E-state index >= 15 is 0 Å². The van der Waals surface area contributed by atoms with Crippen LogP contribution in [0.2, 0.25) is 10.0 Å². The van der Waals surface area contributed by atoms with Crippen molar-refractivity contribution in [2.24, 2.45) is 5.92 Å². The molecule has 0 aliphatic carbocycles. The second kappa shape index (κ2) is 13.2. The van der Waals surface area contributed by atoms with Crippen molar-refractivity contribution in [3.8, 4) is 0 Å². The molecule has 2 aliphatic rings. The van der Waals surface area contributed by atoms with Crippen LogP contribution in [0.1, 0.15) is 77.4 Å². The van der Waals surface area contributed by atoms with Gasteiger partial charge in [-0.05, 0) is 79.8 Å². The molecule has 224 valence electrons. The number of nitrogens with zero attached hydrogens (tertiary/aromatic N) is 3. The zero-order valence-corrected chi connectivity index (χ0v) is 26.1. The topological polar surface area (TPSA) is 67.2 Å². The number of pyridine rings is 1. The highest BCUT2D eigenvalue weighted by atomic mass is 35.5. The highest BCUT2D eigenvalue weighted by Gasteiger charge is 2.40. The molecule has 6 nitrogen and oxygen atoms in total. The zero-order chi connectivity index (χ0) is 29.9. The molecular formula is C35H38Cl2N4O2. The number of carbonyl (C=O) groups is 2. The van der Waals surface area contributed by atoms with E-state index in [9.17, 15) is 9.59 Å². The molecule has 2 unspecified atom stereocenters. The van der Waals surface area contributed by atoms with Gasteiger partial charge < -0.3 is 9.88 Å². The molecule has 2 aromatic carbocycles. The number of hydrogen-bond donors (Lipinski definition) is 1. The molecule has 2 bridgehead atoms. The third-order valence-corrected chi connectivity index (χ3v) is 10.0. The fourth-order valence-electron chi connectivity index (χ4n) is 7.24. The van der Waals surface area contributed by atoms with Crippen LogP contribution < -0.4 is 5.32 Å². The highest BCUT2D eigenvalue weighted by molar-refractivity contribution is 6.42. The quantitative estimate of drug-likeness (QED) is 0.175. The molecular weight excluding hydrogens is 579 g/mol. The lowest BCUT2D eigenvalue weighted by molar-refractivity contribution is 0.0804. The van der Waals surface area contributed by atoms with Gasteiger partial charge in [-0.2, -0.15) is 0 Å². The summed E-state index contributed by atoms with van der Waals surface area (Å²) in [7, 11) is 0. The van der Waals surface area contributed by atoms with Crippen molar-refractivity contribution >= 4 is 45.8 Å². The Hall–Kier alpha value is -3.19. The number of nitrogens with one attached hydrogen (secondary N) is 1. The smallest absolute Gasteiger partial charge is 0.253 e. The van der Waals surface area contributed by atoms with Gasteiger partial charge in [-0.3, -0.25) is 19.5 Å². The minimum Gasteiger partial charge on any atom is -0.348 e. The maximum absolute atomic E-state index is 13.4. The van der Waals surface area contributed by atoms with Crippen LogP contribution in [0.3, 0.4) is 0 Å². The Morgan fingerprint density at radius 3 is 2.51 bits per heavy atom. The number of amides is 1. The van der Waals surface area contributed by atoms with Gasteiger partial charge in [-0.1, -0.05) is 60.5 Å². The molecule has 0 spiro atoms. The van der Waals surface area contributed by atoms with E-state index in [0.717, 1.165) is 55.2 Å². The second-order valence-electron chi connectivity index (χ2n) is 12.0. The number of piperidine rings is 1. The van der Waals surface area contributed by atoms with Crippen LogP contribution in [-0.4, -0.2) is 44.8 Å². The number of para-hydroxylation sites is 1. The molecule has 2 aliphatic heterocycles. The Kier molecular flexibility index (Phi) is 9.17. The van der Waals surface area contributed by atoms with Crippen molar-refractivity contribution < 1.29 is 9.59 Å². The van der Waals surface area contributed by atoms with Crippen molar-refractivity contribution in [1.82, 2.24) is 19.8 Å². The van der Waals surface area contributed by atoms with E-state index < -0.39 is 0 Å². The number of aromatic nitrogens is 2. The van der Waals surface area contributed by atoms with Crippen LogP contribution in [0.15, 0.2) is 67.0 Å². The predicted molar refractivity (Wildman–Crippen MR) is 173 cm³/mol. The van der Waals surface area contributed by atoms with E-state index in [4.69, 9.17) is 23.2 Å². The lowest BCUT2D eigenvalue weighted by atomic mass is 9.86. The van der Waals surface area contributed by atoms with Gasteiger partial charge in [0.15, 0.2) is 5.78 Å². The van der Waals surface area contributed by atoms with Crippen LogP contribution in [0.25, 0.3) is 10.9 Å². The van der Waals surface area contributed by atoms with E-state index in [1.54, 1.807) is 18.3 Å². The normalized spacial score (nSPS) is 20.0. The molecule has 0 radical (unpaired) electrons. The molecule has 1 N–H and O–H groups in total. The maximum Gasteiger partial charge on any atom is 0.253 e. The molecule has 43 heavy (non-hydrogen) atoms. The summed E-state index contributed by atoms with van der Waals surface area (Å²) in [6, 6.07) is 18.3. The predicted octanol–water partition coefficient (Wildman–Crippen LogP) is 7.74. The van der Waals surface area contributed by atoms with Gasteiger partial charge in [-0.15, -0.1) is 0 Å². The van der Waals surface area contributed by atoms with Crippen molar-refractivity contribution in [1.29, 1.82) is 0 Å². The average Bonchev–Trinajstić information content (AvgIpc) is 3.51. The number of halogens is 2. The molecule has 3 atom stereocenters. The highest BCUT2D eigenvalue weighted by Crippen LogP contribution is 2.40. The van der Waals surface area contributed by atoms with Gasteiger partial charge in [-0.25, -0.2) is 0 Å². The third-order valence-electron chi connectivity index (χ3n) is 9.27.